The Morgan fingerprint density at radius 1 is 0.892 bits per heavy atom. The molecule has 188 valence electrons. The van der Waals surface area contributed by atoms with E-state index < -0.39 is 11.8 Å². The molecule has 10 heteroatoms. The largest absolute Gasteiger partial charge is 0.396 e. The van der Waals surface area contributed by atoms with E-state index in [0.29, 0.717) is 46.2 Å². The highest BCUT2D eigenvalue weighted by atomic mass is 16.3. The summed E-state index contributed by atoms with van der Waals surface area (Å²) in [4.78, 5) is 52.7. The van der Waals surface area contributed by atoms with Crippen LogP contribution in [-0.4, -0.2) is 44.9 Å². The normalized spacial score (nSPS) is 13.5. The number of imide groups is 1. The fraction of sp³-hybridized carbons (Fsp3) is 0.185. The van der Waals surface area contributed by atoms with E-state index in [1.807, 2.05) is 10.6 Å². The van der Waals surface area contributed by atoms with Crippen LogP contribution in [0.15, 0.2) is 48.8 Å². The lowest BCUT2D eigenvalue weighted by Gasteiger charge is -2.06. The van der Waals surface area contributed by atoms with Crippen molar-refractivity contribution in [3.05, 3.63) is 59.9 Å². The number of hydrogen-bond acceptors (Lipinski definition) is 5. The van der Waals surface area contributed by atoms with Crippen molar-refractivity contribution in [1.29, 1.82) is 0 Å². The minimum atomic E-state index is -0.529. The molecule has 1 aliphatic heterocycles. The lowest BCUT2D eigenvalue weighted by molar-refractivity contribution is -0.123. The molecule has 0 saturated carbocycles. The van der Waals surface area contributed by atoms with Gasteiger partial charge in [-0.3, -0.25) is 24.5 Å². The summed E-state index contributed by atoms with van der Waals surface area (Å²) in [5.41, 5.74) is 4.13. The fourth-order valence-corrected chi connectivity index (χ4v) is 4.78. The summed E-state index contributed by atoms with van der Waals surface area (Å²) in [6.07, 6.45) is 3.97. The third-order valence-electron chi connectivity index (χ3n) is 6.23. The van der Waals surface area contributed by atoms with Crippen LogP contribution in [0.1, 0.15) is 31.4 Å². The number of carbonyl (C=O) groups excluding carboxylic acids is 4. The number of rotatable bonds is 7. The smallest absolute Gasteiger partial charge is 0.259 e. The molecular weight excluding hydrogens is 474 g/mol. The zero-order chi connectivity index (χ0) is 26.3. The Bertz CT molecular complexity index is 1640. The summed E-state index contributed by atoms with van der Waals surface area (Å²) in [6.45, 7) is 3.32. The Morgan fingerprint density at radius 2 is 1.51 bits per heavy atom. The summed E-state index contributed by atoms with van der Waals surface area (Å²) in [7, 11) is 0. The second-order valence-electron chi connectivity index (χ2n) is 8.90. The van der Waals surface area contributed by atoms with Crippen LogP contribution in [0.4, 0.5) is 11.4 Å². The zero-order valence-electron chi connectivity index (χ0n) is 20.3. The molecule has 10 nitrogen and oxygen atoms in total. The van der Waals surface area contributed by atoms with Crippen LogP contribution in [0.3, 0.4) is 0 Å². The van der Waals surface area contributed by atoms with E-state index in [-0.39, 0.29) is 29.6 Å². The van der Waals surface area contributed by atoms with Crippen molar-refractivity contribution in [2.24, 2.45) is 0 Å². The maximum absolute atomic E-state index is 13.2. The lowest BCUT2D eigenvalue weighted by atomic mass is 9.95. The third kappa shape index (κ3) is 4.38. The van der Waals surface area contributed by atoms with E-state index >= 15 is 0 Å². The standard InChI is InChI=1S/C27H25N5O5/c1-14(34)29-16-4-6-22-18(10-16)20(12-28-22)24-25(27(37)31-26(24)36)21-13-32(8-3-9-33)23-7-5-17(11-19(21)23)30-15(2)35/h4-7,10-13,28,33H,3,8-9H2,1-2H3,(H,29,34)(H,30,35)(H,31,36,37). The molecular formula is C27H25N5O5. The number of nitrogens with zero attached hydrogens (tertiary/aromatic N) is 1. The average molecular weight is 500 g/mol. The number of amides is 4. The highest BCUT2D eigenvalue weighted by Gasteiger charge is 2.35. The number of carbonyl (C=O) groups is 4. The molecule has 4 aromatic rings. The van der Waals surface area contributed by atoms with Crippen LogP contribution in [0.2, 0.25) is 0 Å². The van der Waals surface area contributed by atoms with Gasteiger partial charge in [0.2, 0.25) is 11.8 Å². The topological polar surface area (TPSA) is 145 Å². The molecule has 0 atom stereocenters. The summed E-state index contributed by atoms with van der Waals surface area (Å²) in [5.74, 6) is -1.52. The number of aromatic amines is 1. The Labute approximate surface area is 211 Å². The van der Waals surface area contributed by atoms with Gasteiger partial charge >= 0.3 is 0 Å². The molecule has 0 saturated heterocycles. The number of aliphatic hydroxyl groups is 1. The van der Waals surface area contributed by atoms with Gasteiger partial charge in [-0.05, 0) is 42.8 Å². The molecule has 4 amide bonds. The molecule has 0 aliphatic carbocycles. The second kappa shape index (κ2) is 9.40. The maximum atomic E-state index is 13.2. The molecule has 0 unspecified atom stereocenters. The van der Waals surface area contributed by atoms with Gasteiger partial charge in [0, 0.05) is 83.7 Å². The molecule has 1 aliphatic rings. The minimum Gasteiger partial charge on any atom is -0.396 e. The Kier molecular flexibility index (Phi) is 6.10. The molecule has 0 bridgehead atoms. The van der Waals surface area contributed by atoms with Crippen molar-refractivity contribution in [3.63, 3.8) is 0 Å². The van der Waals surface area contributed by atoms with Gasteiger partial charge in [0.15, 0.2) is 0 Å². The van der Waals surface area contributed by atoms with E-state index in [2.05, 4.69) is 20.9 Å². The molecule has 37 heavy (non-hydrogen) atoms. The highest BCUT2D eigenvalue weighted by Crippen LogP contribution is 2.39. The number of nitrogens with one attached hydrogen (secondary N) is 4. The van der Waals surface area contributed by atoms with Crippen molar-refractivity contribution >= 4 is 68.0 Å². The number of aryl methyl sites for hydroxylation is 1. The Hall–Kier alpha value is -4.70. The first-order valence-corrected chi connectivity index (χ1v) is 11.8. The van der Waals surface area contributed by atoms with Gasteiger partial charge in [-0.15, -0.1) is 0 Å². The number of H-pyrrole nitrogens is 1. The maximum Gasteiger partial charge on any atom is 0.259 e. The second-order valence-corrected chi connectivity index (χ2v) is 8.90. The van der Waals surface area contributed by atoms with E-state index in [9.17, 15) is 24.3 Å². The molecule has 5 N–H and O–H groups in total. The van der Waals surface area contributed by atoms with Crippen molar-refractivity contribution in [2.45, 2.75) is 26.8 Å². The van der Waals surface area contributed by atoms with Crippen LogP contribution >= 0.6 is 0 Å². The summed E-state index contributed by atoms with van der Waals surface area (Å²) >= 11 is 0. The van der Waals surface area contributed by atoms with Gasteiger partial charge < -0.3 is 25.3 Å². The van der Waals surface area contributed by atoms with Crippen molar-refractivity contribution < 1.29 is 24.3 Å². The molecule has 2 aromatic carbocycles. The van der Waals surface area contributed by atoms with E-state index in [0.717, 1.165) is 11.0 Å². The van der Waals surface area contributed by atoms with E-state index in [4.69, 9.17) is 0 Å². The highest BCUT2D eigenvalue weighted by molar-refractivity contribution is 6.50. The van der Waals surface area contributed by atoms with Gasteiger partial charge in [0.25, 0.3) is 11.8 Å². The number of anilines is 2. The van der Waals surface area contributed by atoms with Gasteiger partial charge in [-0.2, -0.15) is 0 Å². The van der Waals surface area contributed by atoms with Crippen LogP contribution < -0.4 is 16.0 Å². The van der Waals surface area contributed by atoms with Crippen LogP contribution in [0.25, 0.3) is 33.0 Å². The average Bonchev–Trinajstić information content (AvgIpc) is 3.49. The minimum absolute atomic E-state index is 0.00211. The summed E-state index contributed by atoms with van der Waals surface area (Å²) in [5, 5.41) is 18.7. The van der Waals surface area contributed by atoms with Gasteiger partial charge in [0.05, 0.1) is 11.1 Å². The Balaban J connectivity index is 1.75. The first-order valence-electron chi connectivity index (χ1n) is 11.8. The molecule has 0 spiro atoms. The monoisotopic (exact) mass is 499 g/mol. The number of aliphatic hydroxyl groups excluding tert-OH is 1. The quantitative estimate of drug-likeness (QED) is 0.248. The van der Waals surface area contributed by atoms with Gasteiger partial charge in [-0.1, -0.05) is 0 Å². The summed E-state index contributed by atoms with van der Waals surface area (Å²) in [6, 6.07) is 10.7. The predicted molar refractivity (Wildman–Crippen MR) is 141 cm³/mol. The first kappa shape index (κ1) is 24.0. The number of aromatic nitrogens is 2. The molecule has 3 heterocycles. The number of fused-ring (bicyclic) bond motifs is 2. The van der Waals surface area contributed by atoms with E-state index in [1.165, 1.54) is 13.8 Å². The third-order valence-corrected chi connectivity index (χ3v) is 6.23. The Morgan fingerprint density at radius 3 is 2.16 bits per heavy atom. The van der Waals surface area contributed by atoms with E-state index in [1.54, 1.807) is 42.7 Å². The first-order chi connectivity index (χ1) is 17.8. The summed E-state index contributed by atoms with van der Waals surface area (Å²) < 4.78 is 1.92. The van der Waals surface area contributed by atoms with Crippen molar-refractivity contribution in [3.8, 4) is 0 Å². The SMILES string of the molecule is CC(=O)Nc1ccc2[nH]cc(C3=C(c4cn(CCCO)c5ccc(NC(C)=O)cc45)C(=O)NC3=O)c2c1. The van der Waals surface area contributed by atoms with Crippen LogP contribution in [0, 0.1) is 0 Å². The predicted octanol–water partition coefficient (Wildman–Crippen LogP) is 2.99. The molecule has 2 aromatic heterocycles. The lowest BCUT2D eigenvalue weighted by Crippen LogP contribution is -2.22. The van der Waals surface area contributed by atoms with Gasteiger partial charge in [0.1, 0.15) is 0 Å². The fourth-order valence-electron chi connectivity index (χ4n) is 4.78. The van der Waals surface area contributed by atoms with Crippen molar-refractivity contribution in [1.82, 2.24) is 14.9 Å². The zero-order valence-corrected chi connectivity index (χ0v) is 20.3. The number of benzene rings is 2. The molecule has 0 fully saturated rings. The molecule has 5 rings (SSSR count). The molecule has 0 radical (unpaired) electrons. The van der Waals surface area contributed by atoms with Gasteiger partial charge in [-0.25, -0.2) is 0 Å². The van der Waals surface area contributed by atoms with Crippen LogP contribution in [0.5, 0.6) is 0 Å². The van der Waals surface area contributed by atoms with Crippen LogP contribution in [-0.2, 0) is 25.7 Å². The number of hydrogen-bond donors (Lipinski definition) is 5. The van der Waals surface area contributed by atoms with Crippen molar-refractivity contribution in [2.75, 3.05) is 17.2 Å².